The van der Waals surface area contributed by atoms with E-state index in [-0.39, 0.29) is 30.6 Å². The highest BCUT2D eigenvalue weighted by Gasteiger charge is 2.27. The van der Waals surface area contributed by atoms with Crippen molar-refractivity contribution in [3.8, 4) is 0 Å². The van der Waals surface area contributed by atoms with E-state index >= 15 is 0 Å². The van der Waals surface area contributed by atoms with Crippen molar-refractivity contribution in [1.82, 2.24) is 10.6 Å². The Morgan fingerprint density at radius 3 is 2.39 bits per heavy atom. The number of amides is 2. The van der Waals surface area contributed by atoms with Crippen LogP contribution < -0.4 is 10.6 Å². The summed E-state index contributed by atoms with van der Waals surface area (Å²) in [7, 11) is 0. The molecular weight excluding hydrogens is 228 g/mol. The zero-order valence-corrected chi connectivity index (χ0v) is 11.2. The van der Waals surface area contributed by atoms with E-state index in [4.69, 9.17) is 5.11 Å². The minimum atomic E-state index is -0.257. The number of rotatable bonds is 4. The summed E-state index contributed by atoms with van der Waals surface area (Å²) in [5.41, 5.74) is 0.988. The van der Waals surface area contributed by atoms with E-state index in [9.17, 15) is 4.79 Å². The molecule has 2 amide bonds. The highest BCUT2D eigenvalue weighted by molar-refractivity contribution is 5.74. The molecule has 3 N–H and O–H groups in total. The van der Waals surface area contributed by atoms with Gasteiger partial charge in [-0.1, -0.05) is 51.1 Å². The third-order valence-electron chi connectivity index (χ3n) is 2.67. The highest BCUT2D eigenvalue weighted by atomic mass is 16.3. The third kappa shape index (κ3) is 4.37. The normalized spacial score (nSPS) is 12.9. The van der Waals surface area contributed by atoms with E-state index in [2.05, 4.69) is 31.4 Å². The van der Waals surface area contributed by atoms with Gasteiger partial charge in [0.25, 0.3) is 0 Å². The van der Waals surface area contributed by atoms with Crippen LogP contribution in [0, 0.1) is 5.41 Å². The molecule has 0 radical (unpaired) electrons. The lowest BCUT2D eigenvalue weighted by molar-refractivity contribution is 0.214. The first kappa shape index (κ1) is 14.5. The predicted octanol–water partition coefficient (Wildman–Crippen LogP) is 2.07. The Bertz CT molecular complexity index is 371. The average Bonchev–Trinajstić information content (AvgIpc) is 2.33. The molecule has 1 unspecified atom stereocenters. The molecule has 0 aliphatic rings. The molecule has 0 fully saturated rings. The quantitative estimate of drug-likeness (QED) is 0.766. The van der Waals surface area contributed by atoms with Crippen molar-refractivity contribution in [3.63, 3.8) is 0 Å². The summed E-state index contributed by atoms with van der Waals surface area (Å²) in [6, 6.07) is 9.55. The van der Waals surface area contributed by atoms with Crippen LogP contribution in [0.1, 0.15) is 32.4 Å². The summed E-state index contributed by atoms with van der Waals surface area (Å²) >= 11 is 0. The minimum Gasteiger partial charge on any atom is -0.395 e. The van der Waals surface area contributed by atoms with Gasteiger partial charge in [-0.2, -0.15) is 0 Å². The molecule has 1 atom stereocenters. The van der Waals surface area contributed by atoms with Crippen molar-refractivity contribution in [2.24, 2.45) is 5.41 Å². The Hall–Kier alpha value is -1.55. The fraction of sp³-hybridized carbons (Fsp3) is 0.500. The first-order valence-electron chi connectivity index (χ1n) is 6.15. The molecule has 0 bridgehead atoms. The van der Waals surface area contributed by atoms with Gasteiger partial charge < -0.3 is 15.7 Å². The molecule has 0 heterocycles. The number of carbonyl (C=O) groups excluding carboxylic acids is 1. The Morgan fingerprint density at radius 1 is 1.28 bits per heavy atom. The van der Waals surface area contributed by atoms with Crippen molar-refractivity contribution in [3.05, 3.63) is 35.9 Å². The van der Waals surface area contributed by atoms with Gasteiger partial charge in [0.15, 0.2) is 0 Å². The highest BCUT2D eigenvalue weighted by Crippen LogP contribution is 2.32. The summed E-state index contributed by atoms with van der Waals surface area (Å²) < 4.78 is 0. The summed E-state index contributed by atoms with van der Waals surface area (Å²) in [4.78, 5) is 11.7. The Kier molecular flexibility index (Phi) is 5.16. The van der Waals surface area contributed by atoms with Gasteiger partial charge in [-0.05, 0) is 11.0 Å². The molecule has 0 saturated carbocycles. The summed E-state index contributed by atoms with van der Waals surface area (Å²) in [5.74, 6) is 0. The molecule has 4 heteroatoms. The minimum absolute atomic E-state index is 0.0566. The van der Waals surface area contributed by atoms with Gasteiger partial charge in [-0.25, -0.2) is 4.79 Å². The van der Waals surface area contributed by atoms with Crippen molar-refractivity contribution >= 4 is 6.03 Å². The summed E-state index contributed by atoms with van der Waals surface area (Å²) in [5, 5.41) is 14.2. The molecule has 100 valence electrons. The van der Waals surface area contributed by atoms with Gasteiger partial charge in [-0.15, -0.1) is 0 Å². The fourth-order valence-corrected chi connectivity index (χ4v) is 1.80. The Morgan fingerprint density at radius 2 is 1.89 bits per heavy atom. The van der Waals surface area contributed by atoms with Crippen LogP contribution in [-0.4, -0.2) is 24.3 Å². The van der Waals surface area contributed by atoms with Crippen LogP contribution in [0.4, 0.5) is 4.79 Å². The van der Waals surface area contributed by atoms with E-state index in [1.807, 2.05) is 30.3 Å². The maximum Gasteiger partial charge on any atom is 0.315 e. The van der Waals surface area contributed by atoms with Crippen LogP contribution in [0.25, 0.3) is 0 Å². The second-order valence-electron chi connectivity index (χ2n) is 5.33. The zero-order chi connectivity index (χ0) is 13.6. The van der Waals surface area contributed by atoms with Gasteiger partial charge in [0.1, 0.15) is 0 Å². The lowest BCUT2D eigenvalue weighted by Crippen LogP contribution is -2.43. The van der Waals surface area contributed by atoms with E-state index in [0.29, 0.717) is 0 Å². The molecule has 1 rings (SSSR count). The van der Waals surface area contributed by atoms with Crippen molar-refractivity contribution < 1.29 is 9.90 Å². The smallest absolute Gasteiger partial charge is 0.315 e. The van der Waals surface area contributed by atoms with Crippen molar-refractivity contribution in [1.29, 1.82) is 0 Å². The molecule has 0 aromatic heterocycles. The van der Waals surface area contributed by atoms with Crippen LogP contribution in [0.5, 0.6) is 0 Å². The first-order valence-corrected chi connectivity index (χ1v) is 6.15. The Balaban J connectivity index is 2.78. The molecule has 1 aromatic rings. The average molecular weight is 250 g/mol. The van der Waals surface area contributed by atoms with Gasteiger partial charge in [-0.3, -0.25) is 0 Å². The number of aliphatic hydroxyl groups is 1. The van der Waals surface area contributed by atoms with Crippen LogP contribution in [-0.2, 0) is 0 Å². The first-order chi connectivity index (χ1) is 8.45. The number of benzene rings is 1. The lowest BCUT2D eigenvalue weighted by atomic mass is 9.82. The van der Waals surface area contributed by atoms with Crippen LogP contribution in [0.3, 0.4) is 0 Å². The standard InChI is InChI=1S/C14H22N2O2/c1-14(2,3)12(11-7-5-4-6-8-11)16-13(18)15-9-10-17/h4-8,12,17H,9-10H2,1-3H3,(H2,15,16,18). The number of nitrogens with one attached hydrogen (secondary N) is 2. The van der Waals surface area contributed by atoms with Crippen LogP contribution >= 0.6 is 0 Å². The molecule has 0 spiro atoms. The molecule has 0 saturated heterocycles. The van der Waals surface area contributed by atoms with Crippen molar-refractivity contribution in [2.45, 2.75) is 26.8 Å². The van der Waals surface area contributed by atoms with Crippen molar-refractivity contribution in [2.75, 3.05) is 13.2 Å². The van der Waals surface area contributed by atoms with E-state index < -0.39 is 0 Å². The second kappa shape index (κ2) is 6.40. The summed E-state index contributed by atoms with van der Waals surface area (Å²) in [6.07, 6.45) is 0. The predicted molar refractivity (Wildman–Crippen MR) is 72.3 cm³/mol. The van der Waals surface area contributed by atoms with E-state index in [1.54, 1.807) is 0 Å². The monoisotopic (exact) mass is 250 g/mol. The molecular formula is C14H22N2O2. The summed E-state index contributed by atoms with van der Waals surface area (Å²) in [6.45, 7) is 6.45. The van der Waals surface area contributed by atoms with Gasteiger partial charge >= 0.3 is 6.03 Å². The SMILES string of the molecule is CC(C)(C)C(NC(=O)NCCO)c1ccccc1. The van der Waals surface area contributed by atoms with Gasteiger partial charge in [0.05, 0.1) is 12.6 Å². The van der Waals surface area contributed by atoms with Crippen LogP contribution in [0.15, 0.2) is 30.3 Å². The number of urea groups is 1. The maximum absolute atomic E-state index is 11.7. The third-order valence-corrected chi connectivity index (χ3v) is 2.67. The number of hydrogen-bond donors (Lipinski definition) is 3. The van der Waals surface area contributed by atoms with E-state index in [1.165, 1.54) is 0 Å². The topological polar surface area (TPSA) is 61.4 Å². The molecule has 0 aliphatic heterocycles. The Labute approximate surface area is 108 Å². The molecule has 0 aliphatic carbocycles. The fourth-order valence-electron chi connectivity index (χ4n) is 1.80. The molecule has 1 aromatic carbocycles. The molecule has 18 heavy (non-hydrogen) atoms. The number of aliphatic hydroxyl groups excluding tert-OH is 1. The largest absolute Gasteiger partial charge is 0.395 e. The number of carbonyl (C=O) groups is 1. The molecule has 4 nitrogen and oxygen atoms in total. The van der Waals surface area contributed by atoms with Gasteiger partial charge in [0, 0.05) is 6.54 Å². The maximum atomic E-state index is 11.7. The van der Waals surface area contributed by atoms with Gasteiger partial charge in [0.2, 0.25) is 0 Å². The number of hydrogen-bond acceptors (Lipinski definition) is 2. The second-order valence-corrected chi connectivity index (χ2v) is 5.33. The lowest BCUT2D eigenvalue weighted by Gasteiger charge is -2.32. The zero-order valence-electron chi connectivity index (χ0n) is 11.2. The van der Waals surface area contributed by atoms with Crippen LogP contribution in [0.2, 0.25) is 0 Å². The van der Waals surface area contributed by atoms with E-state index in [0.717, 1.165) is 5.56 Å².